The maximum atomic E-state index is 12.3. The van der Waals surface area contributed by atoms with E-state index in [-0.39, 0.29) is 16.8 Å². The normalized spacial score (nSPS) is 10.7. The first-order valence-electron chi connectivity index (χ1n) is 6.67. The third kappa shape index (κ3) is 3.52. The number of nitrogens with zero attached hydrogens (tertiary/aromatic N) is 3. The van der Waals surface area contributed by atoms with E-state index in [0.29, 0.717) is 18.3 Å². The minimum atomic E-state index is -0.399. The zero-order valence-corrected chi connectivity index (χ0v) is 12.9. The van der Waals surface area contributed by atoms with Crippen LogP contribution in [-0.2, 0) is 0 Å². The van der Waals surface area contributed by atoms with Crippen LogP contribution in [0.4, 0.5) is 5.82 Å². The third-order valence-electron chi connectivity index (χ3n) is 2.73. The summed E-state index contributed by atoms with van der Waals surface area (Å²) in [5, 5.41) is 7.18. The number of amides is 1. The number of carbonyl (C=O) groups is 1. The molecule has 7 heteroatoms. The molecule has 0 spiro atoms. The number of ether oxygens (including phenoxy) is 1. The lowest BCUT2D eigenvalue weighted by molar-refractivity contribution is 0.102. The molecule has 2 aromatic rings. The standard InChI is InChI=1S/C14H17ClN4O2/c1-4-21-12-6-5-10(15)13(18-12)14(20)17-11-7-8-16-19(11)9(2)3/h5-9H,4H2,1-3H3,(H,17,20). The van der Waals surface area contributed by atoms with Gasteiger partial charge in [-0.1, -0.05) is 11.6 Å². The fourth-order valence-electron chi connectivity index (χ4n) is 1.81. The number of hydrogen-bond acceptors (Lipinski definition) is 4. The van der Waals surface area contributed by atoms with Crippen LogP contribution in [0.25, 0.3) is 0 Å². The number of nitrogens with one attached hydrogen (secondary N) is 1. The van der Waals surface area contributed by atoms with Gasteiger partial charge in [0.1, 0.15) is 5.82 Å². The van der Waals surface area contributed by atoms with Gasteiger partial charge in [0, 0.05) is 18.2 Å². The van der Waals surface area contributed by atoms with Crippen LogP contribution in [0, 0.1) is 0 Å². The quantitative estimate of drug-likeness (QED) is 0.921. The van der Waals surface area contributed by atoms with Gasteiger partial charge in [0.2, 0.25) is 5.88 Å². The summed E-state index contributed by atoms with van der Waals surface area (Å²) in [5.41, 5.74) is 0.124. The summed E-state index contributed by atoms with van der Waals surface area (Å²) in [4.78, 5) is 16.4. The van der Waals surface area contributed by atoms with Crippen molar-refractivity contribution >= 4 is 23.3 Å². The van der Waals surface area contributed by atoms with Crippen LogP contribution >= 0.6 is 11.6 Å². The fraction of sp³-hybridized carbons (Fsp3) is 0.357. The Bertz CT molecular complexity index is 640. The number of halogens is 1. The molecule has 0 radical (unpaired) electrons. The van der Waals surface area contributed by atoms with Gasteiger partial charge in [-0.2, -0.15) is 5.10 Å². The van der Waals surface area contributed by atoms with Crippen LogP contribution in [0.3, 0.4) is 0 Å². The van der Waals surface area contributed by atoms with Gasteiger partial charge in [0.15, 0.2) is 5.69 Å². The van der Waals surface area contributed by atoms with Gasteiger partial charge in [-0.05, 0) is 26.8 Å². The van der Waals surface area contributed by atoms with Gasteiger partial charge < -0.3 is 10.1 Å². The summed E-state index contributed by atoms with van der Waals surface area (Å²) in [6.07, 6.45) is 1.63. The van der Waals surface area contributed by atoms with Crippen molar-refractivity contribution < 1.29 is 9.53 Å². The Morgan fingerprint density at radius 3 is 2.86 bits per heavy atom. The predicted molar refractivity (Wildman–Crippen MR) is 81.0 cm³/mol. The van der Waals surface area contributed by atoms with Crippen LogP contribution in [0.1, 0.15) is 37.3 Å². The Morgan fingerprint density at radius 1 is 1.43 bits per heavy atom. The number of hydrogen-bond donors (Lipinski definition) is 1. The highest BCUT2D eigenvalue weighted by molar-refractivity contribution is 6.34. The molecule has 1 amide bonds. The summed E-state index contributed by atoms with van der Waals surface area (Å²) in [7, 11) is 0. The molecule has 0 atom stereocenters. The van der Waals surface area contributed by atoms with Gasteiger partial charge in [-0.3, -0.25) is 4.79 Å². The Kier molecular flexibility index (Phi) is 4.80. The number of pyridine rings is 1. The van der Waals surface area contributed by atoms with Crippen molar-refractivity contribution in [2.45, 2.75) is 26.8 Å². The molecule has 112 valence electrons. The second-order valence-electron chi connectivity index (χ2n) is 4.62. The van der Waals surface area contributed by atoms with Crippen LogP contribution in [0.2, 0.25) is 5.02 Å². The summed E-state index contributed by atoms with van der Waals surface area (Å²) >= 11 is 6.03. The average molecular weight is 309 g/mol. The predicted octanol–water partition coefficient (Wildman–Crippen LogP) is 3.16. The smallest absolute Gasteiger partial charge is 0.277 e. The molecule has 0 aromatic carbocycles. The first-order valence-corrected chi connectivity index (χ1v) is 7.05. The van der Waals surface area contributed by atoms with Crippen LogP contribution in [-0.4, -0.2) is 27.3 Å². The summed E-state index contributed by atoms with van der Waals surface area (Å²) in [5.74, 6) is 0.558. The van der Waals surface area contributed by atoms with Crippen molar-refractivity contribution in [1.82, 2.24) is 14.8 Å². The number of carbonyl (C=O) groups excluding carboxylic acids is 1. The molecule has 0 saturated heterocycles. The van der Waals surface area contributed by atoms with Crippen LogP contribution < -0.4 is 10.1 Å². The van der Waals surface area contributed by atoms with Crippen molar-refractivity contribution in [3.63, 3.8) is 0 Å². The number of anilines is 1. The second kappa shape index (κ2) is 6.58. The number of rotatable bonds is 5. The minimum Gasteiger partial charge on any atom is -0.478 e. The Hall–Kier alpha value is -2.08. The number of aromatic nitrogens is 3. The van der Waals surface area contributed by atoms with E-state index >= 15 is 0 Å². The summed E-state index contributed by atoms with van der Waals surface area (Å²) in [6, 6.07) is 5.07. The topological polar surface area (TPSA) is 69.0 Å². The molecule has 0 unspecified atom stereocenters. The highest BCUT2D eigenvalue weighted by Crippen LogP contribution is 2.20. The molecule has 2 rings (SSSR count). The van der Waals surface area contributed by atoms with Crippen LogP contribution in [0.5, 0.6) is 5.88 Å². The van der Waals surface area contributed by atoms with E-state index in [1.54, 1.807) is 29.1 Å². The SMILES string of the molecule is CCOc1ccc(Cl)c(C(=O)Nc2ccnn2C(C)C)n1. The van der Waals surface area contributed by atoms with Gasteiger partial charge >= 0.3 is 0 Å². The molecule has 0 bridgehead atoms. The van der Waals surface area contributed by atoms with Crippen molar-refractivity contribution in [1.29, 1.82) is 0 Å². The first-order chi connectivity index (χ1) is 10.0. The van der Waals surface area contributed by atoms with E-state index in [1.165, 1.54) is 0 Å². The largest absolute Gasteiger partial charge is 0.478 e. The van der Waals surface area contributed by atoms with Gasteiger partial charge in [0.25, 0.3) is 5.91 Å². The molecule has 0 saturated carbocycles. The maximum absolute atomic E-state index is 12.3. The highest BCUT2D eigenvalue weighted by atomic mass is 35.5. The molecular weight excluding hydrogens is 292 g/mol. The monoisotopic (exact) mass is 308 g/mol. The zero-order chi connectivity index (χ0) is 15.4. The molecule has 0 fully saturated rings. The van der Waals surface area contributed by atoms with E-state index in [2.05, 4.69) is 15.4 Å². The molecule has 0 aliphatic heterocycles. The van der Waals surface area contributed by atoms with Crippen LogP contribution in [0.15, 0.2) is 24.4 Å². The van der Waals surface area contributed by atoms with Crippen molar-refractivity contribution in [3.8, 4) is 5.88 Å². The fourth-order valence-corrected chi connectivity index (χ4v) is 2.00. The molecule has 2 heterocycles. The lowest BCUT2D eigenvalue weighted by atomic mass is 10.3. The molecular formula is C14H17ClN4O2. The average Bonchev–Trinajstić information content (AvgIpc) is 2.89. The summed E-state index contributed by atoms with van der Waals surface area (Å²) < 4.78 is 6.99. The lowest BCUT2D eigenvalue weighted by Gasteiger charge is -2.12. The second-order valence-corrected chi connectivity index (χ2v) is 5.03. The molecule has 6 nitrogen and oxygen atoms in total. The van der Waals surface area contributed by atoms with E-state index < -0.39 is 5.91 Å². The highest BCUT2D eigenvalue weighted by Gasteiger charge is 2.16. The van der Waals surface area contributed by atoms with Crippen molar-refractivity contribution in [2.75, 3.05) is 11.9 Å². The lowest BCUT2D eigenvalue weighted by Crippen LogP contribution is -2.18. The minimum absolute atomic E-state index is 0.124. The zero-order valence-electron chi connectivity index (χ0n) is 12.1. The molecule has 21 heavy (non-hydrogen) atoms. The van der Waals surface area contributed by atoms with Gasteiger partial charge in [0.05, 0.1) is 17.8 Å². The Morgan fingerprint density at radius 2 is 2.19 bits per heavy atom. The summed E-state index contributed by atoms with van der Waals surface area (Å²) in [6.45, 7) is 6.26. The van der Waals surface area contributed by atoms with Gasteiger partial charge in [-0.25, -0.2) is 9.67 Å². The third-order valence-corrected chi connectivity index (χ3v) is 3.03. The Labute approximate surface area is 128 Å². The first kappa shape index (κ1) is 15.3. The Balaban J connectivity index is 2.24. The van der Waals surface area contributed by atoms with Crippen molar-refractivity contribution in [3.05, 3.63) is 35.1 Å². The van der Waals surface area contributed by atoms with E-state index in [0.717, 1.165) is 0 Å². The molecule has 2 aromatic heterocycles. The molecule has 0 aliphatic rings. The van der Waals surface area contributed by atoms with E-state index in [9.17, 15) is 4.79 Å². The van der Waals surface area contributed by atoms with Crippen molar-refractivity contribution in [2.24, 2.45) is 0 Å². The van der Waals surface area contributed by atoms with E-state index in [4.69, 9.17) is 16.3 Å². The maximum Gasteiger partial charge on any atom is 0.277 e. The molecule has 0 aliphatic carbocycles. The molecule has 1 N–H and O–H groups in total. The van der Waals surface area contributed by atoms with E-state index in [1.807, 2.05) is 20.8 Å². The van der Waals surface area contributed by atoms with Gasteiger partial charge in [-0.15, -0.1) is 0 Å².